The van der Waals surface area contributed by atoms with Crippen LogP contribution in [0.5, 0.6) is 0 Å². The summed E-state index contributed by atoms with van der Waals surface area (Å²) in [7, 11) is 1.78. The fraction of sp³-hybridized carbons (Fsp3) is 0.182. The second-order valence-electron chi connectivity index (χ2n) is 6.21. The van der Waals surface area contributed by atoms with Crippen molar-refractivity contribution in [3.63, 3.8) is 0 Å². The Morgan fingerprint density at radius 2 is 1.78 bits per heavy atom. The topological polar surface area (TPSA) is 71.8 Å². The average Bonchev–Trinajstić information content (AvgIpc) is 2.99. The van der Waals surface area contributed by atoms with Crippen LogP contribution in [0.3, 0.4) is 0 Å². The molecule has 0 saturated carbocycles. The Labute approximate surface area is 163 Å². The van der Waals surface area contributed by atoms with Crippen LogP contribution in [0, 0.1) is 11.3 Å². The second-order valence-corrected chi connectivity index (χ2v) is 7.06. The summed E-state index contributed by atoms with van der Waals surface area (Å²) in [5, 5.41) is 9.69. The van der Waals surface area contributed by atoms with E-state index in [1.165, 1.54) is 4.90 Å². The number of hydrogen-bond acceptors (Lipinski definition) is 3. The standard InChI is InChI=1S/C22H21N3OS/c1-4-18-17(13-23)20(21(22(24)26)25(18)2)15-11-9-14(10-12-15)16-7-5-6-8-19(16)27-3/h5-12H,4H2,1-3H3,(H2,24,26). The fourth-order valence-electron chi connectivity index (χ4n) is 3.54. The minimum absolute atomic E-state index is 0.376. The molecule has 0 radical (unpaired) electrons. The van der Waals surface area contributed by atoms with Crippen molar-refractivity contribution >= 4 is 17.7 Å². The molecule has 3 aromatic rings. The number of nitrogens with zero attached hydrogens (tertiary/aromatic N) is 2. The zero-order valence-corrected chi connectivity index (χ0v) is 16.4. The minimum Gasteiger partial charge on any atom is -0.364 e. The van der Waals surface area contributed by atoms with E-state index < -0.39 is 5.91 Å². The Balaban J connectivity index is 2.16. The lowest BCUT2D eigenvalue weighted by Gasteiger charge is -2.09. The molecule has 1 heterocycles. The number of carbonyl (C=O) groups excluding carboxylic acids is 1. The summed E-state index contributed by atoms with van der Waals surface area (Å²) in [5.74, 6) is -0.527. The number of amides is 1. The molecule has 0 fully saturated rings. The van der Waals surface area contributed by atoms with E-state index in [-0.39, 0.29) is 0 Å². The van der Waals surface area contributed by atoms with E-state index in [2.05, 4.69) is 24.5 Å². The van der Waals surface area contributed by atoms with E-state index in [1.807, 2.05) is 43.3 Å². The number of rotatable bonds is 5. The van der Waals surface area contributed by atoms with Gasteiger partial charge in [-0.1, -0.05) is 49.4 Å². The normalized spacial score (nSPS) is 10.6. The number of hydrogen-bond donors (Lipinski definition) is 1. The van der Waals surface area contributed by atoms with Gasteiger partial charge in [-0.15, -0.1) is 11.8 Å². The van der Waals surface area contributed by atoms with Gasteiger partial charge in [0.2, 0.25) is 0 Å². The number of primary amides is 1. The lowest BCUT2D eigenvalue weighted by molar-refractivity contribution is 0.0993. The molecule has 2 aromatic carbocycles. The lowest BCUT2D eigenvalue weighted by atomic mass is 9.97. The molecule has 0 aliphatic heterocycles. The maximum Gasteiger partial charge on any atom is 0.266 e. The molecule has 0 unspecified atom stereocenters. The molecule has 0 atom stereocenters. The monoisotopic (exact) mass is 375 g/mol. The summed E-state index contributed by atoms with van der Waals surface area (Å²) >= 11 is 1.70. The molecule has 5 heteroatoms. The predicted molar refractivity (Wildman–Crippen MR) is 111 cm³/mol. The van der Waals surface area contributed by atoms with Gasteiger partial charge >= 0.3 is 0 Å². The smallest absolute Gasteiger partial charge is 0.266 e. The fourth-order valence-corrected chi connectivity index (χ4v) is 4.16. The van der Waals surface area contributed by atoms with Gasteiger partial charge in [0, 0.05) is 23.2 Å². The summed E-state index contributed by atoms with van der Waals surface area (Å²) in [5.41, 5.74) is 11.0. The van der Waals surface area contributed by atoms with Crippen molar-refractivity contribution in [2.75, 3.05) is 6.26 Å². The summed E-state index contributed by atoms with van der Waals surface area (Å²) in [6.07, 6.45) is 2.71. The Bertz CT molecular complexity index is 1040. The van der Waals surface area contributed by atoms with E-state index in [0.717, 1.165) is 22.4 Å². The molecule has 0 saturated heterocycles. The van der Waals surface area contributed by atoms with Gasteiger partial charge < -0.3 is 10.3 Å². The van der Waals surface area contributed by atoms with Gasteiger partial charge in [0.15, 0.2) is 0 Å². The third-order valence-corrected chi connectivity index (χ3v) is 5.58. The quantitative estimate of drug-likeness (QED) is 0.662. The predicted octanol–water partition coefficient (Wildman–Crippen LogP) is 4.61. The first-order valence-corrected chi connectivity index (χ1v) is 9.91. The summed E-state index contributed by atoms with van der Waals surface area (Å²) in [4.78, 5) is 13.3. The highest BCUT2D eigenvalue weighted by molar-refractivity contribution is 7.98. The maximum absolute atomic E-state index is 12.1. The number of nitriles is 1. The van der Waals surface area contributed by atoms with Crippen molar-refractivity contribution in [1.82, 2.24) is 4.57 Å². The molecular weight excluding hydrogens is 354 g/mol. The molecule has 0 spiro atoms. The van der Waals surface area contributed by atoms with Crippen LogP contribution >= 0.6 is 11.8 Å². The van der Waals surface area contributed by atoms with Crippen LogP contribution in [0.4, 0.5) is 0 Å². The van der Waals surface area contributed by atoms with Gasteiger partial charge in [0.1, 0.15) is 11.8 Å². The van der Waals surface area contributed by atoms with Gasteiger partial charge in [-0.3, -0.25) is 4.79 Å². The highest BCUT2D eigenvalue weighted by atomic mass is 32.2. The summed E-state index contributed by atoms with van der Waals surface area (Å²) in [6, 6.07) is 18.4. The van der Waals surface area contributed by atoms with Crippen molar-refractivity contribution in [3.8, 4) is 28.3 Å². The Morgan fingerprint density at radius 3 is 2.33 bits per heavy atom. The first kappa shape index (κ1) is 18.8. The number of nitrogens with two attached hydrogens (primary N) is 1. The maximum atomic E-state index is 12.1. The molecule has 4 nitrogen and oxygen atoms in total. The van der Waals surface area contributed by atoms with Gasteiger partial charge in [-0.05, 0) is 35.4 Å². The third kappa shape index (κ3) is 3.24. The van der Waals surface area contributed by atoms with Gasteiger partial charge in [-0.2, -0.15) is 5.26 Å². The molecule has 0 aliphatic carbocycles. The zero-order chi connectivity index (χ0) is 19.6. The van der Waals surface area contributed by atoms with Crippen molar-refractivity contribution in [2.24, 2.45) is 12.8 Å². The van der Waals surface area contributed by atoms with Crippen LogP contribution in [0.2, 0.25) is 0 Å². The van der Waals surface area contributed by atoms with Crippen molar-refractivity contribution in [2.45, 2.75) is 18.2 Å². The van der Waals surface area contributed by atoms with Crippen molar-refractivity contribution in [1.29, 1.82) is 5.26 Å². The zero-order valence-electron chi connectivity index (χ0n) is 15.6. The molecule has 1 aromatic heterocycles. The first-order chi connectivity index (χ1) is 13.0. The van der Waals surface area contributed by atoms with Crippen molar-refractivity contribution < 1.29 is 4.79 Å². The number of aromatic nitrogens is 1. The molecule has 1 amide bonds. The van der Waals surface area contributed by atoms with Gasteiger partial charge in [0.25, 0.3) is 5.91 Å². The molecule has 0 bridgehead atoms. The highest BCUT2D eigenvalue weighted by Gasteiger charge is 2.24. The number of thioether (sulfide) groups is 1. The van der Waals surface area contributed by atoms with E-state index in [4.69, 9.17) is 5.73 Å². The first-order valence-electron chi connectivity index (χ1n) is 8.68. The third-order valence-electron chi connectivity index (χ3n) is 4.79. The van der Waals surface area contributed by atoms with Gasteiger partial charge in [-0.25, -0.2) is 0 Å². The van der Waals surface area contributed by atoms with Crippen LogP contribution < -0.4 is 5.73 Å². The Kier molecular flexibility index (Phi) is 5.38. The molecule has 2 N–H and O–H groups in total. The number of benzene rings is 2. The summed E-state index contributed by atoms with van der Waals surface area (Å²) < 4.78 is 1.74. The molecule has 3 rings (SSSR count). The minimum atomic E-state index is -0.527. The average molecular weight is 375 g/mol. The molecular formula is C22H21N3OS. The highest BCUT2D eigenvalue weighted by Crippen LogP contribution is 2.35. The largest absolute Gasteiger partial charge is 0.364 e. The van der Waals surface area contributed by atoms with Crippen LogP contribution in [-0.4, -0.2) is 16.7 Å². The second kappa shape index (κ2) is 7.73. The molecule has 0 aliphatic rings. The van der Waals surface area contributed by atoms with E-state index in [0.29, 0.717) is 23.2 Å². The Morgan fingerprint density at radius 1 is 1.15 bits per heavy atom. The van der Waals surface area contributed by atoms with Crippen LogP contribution in [0.15, 0.2) is 53.4 Å². The molecule has 136 valence electrons. The molecule has 27 heavy (non-hydrogen) atoms. The van der Waals surface area contributed by atoms with Crippen LogP contribution in [-0.2, 0) is 13.5 Å². The van der Waals surface area contributed by atoms with E-state index in [1.54, 1.807) is 23.4 Å². The van der Waals surface area contributed by atoms with E-state index >= 15 is 0 Å². The van der Waals surface area contributed by atoms with Crippen molar-refractivity contribution in [3.05, 3.63) is 65.5 Å². The Hall–Kier alpha value is -2.97. The summed E-state index contributed by atoms with van der Waals surface area (Å²) in [6.45, 7) is 1.97. The van der Waals surface area contributed by atoms with E-state index in [9.17, 15) is 10.1 Å². The number of carbonyl (C=O) groups is 1. The SMILES string of the molecule is CCc1c(C#N)c(-c2ccc(-c3ccccc3SC)cc2)c(C(N)=O)n1C. The van der Waals surface area contributed by atoms with Crippen LogP contribution in [0.25, 0.3) is 22.3 Å². The van der Waals surface area contributed by atoms with Crippen LogP contribution in [0.1, 0.15) is 28.7 Å². The van der Waals surface area contributed by atoms with Gasteiger partial charge in [0.05, 0.1) is 5.56 Å². The lowest BCUT2D eigenvalue weighted by Crippen LogP contribution is -2.17.